The summed E-state index contributed by atoms with van der Waals surface area (Å²) in [6, 6.07) is 18.3. The lowest BCUT2D eigenvalue weighted by atomic mass is 9.98. The minimum Gasteiger partial charge on any atom is -0.277 e. The predicted molar refractivity (Wildman–Crippen MR) is 123 cm³/mol. The average molecular weight is 440 g/mol. The topological polar surface area (TPSA) is 97.7 Å². The van der Waals surface area contributed by atoms with Crippen LogP contribution in [0.3, 0.4) is 0 Å². The molecule has 5 rings (SSSR count). The molecule has 0 fully saturated rings. The Bertz CT molecular complexity index is 1510. The smallest absolute Gasteiger partial charge is 0.277 e. The second kappa shape index (κ2) is 8.16. The zero-order valence-corrected chi connectivity index (χ0v) is 17.6. The van der Waals surface area contributed by atoms with Crippen LogP contribution in [-0.2, 0) is 10.0 Å². The van der Waals surface area contributed by atoms with Gasteiger partial charge in [0.25, 0.3) is 10.0 Å². The van der Waals surface area contributed by atoms with Crippen molar-refractivity contribution in [1.29, 1.82) is 0 Å². The zero-order chi connectivity index (χ0) is 22.0. The lowest BCUT2D eigenvalue weighted by Crippen LogP contribution is -2.14. The van der Waals surface area contributed by atoms with Gasteiger partial charge in [0.15, 0.2) is 5.03 Å². The van der Waals surface area contributed by atoms with E-state index in [-0.39, 0.29) is 5.03 Å². The van der Waals surface area contributed by atoms with Crippen molar-refractivity contribution >= 4 is 26.6 Å². The molecule has 4 aromatic heterocycles. The van der Waals surface area contributed by atoms with Crippen molar-refractivity contribution in [1.82, 2.24) is 19.9 Å². The molecule has 0 unspecified atom stereocenters. The molecule has 0 bridgehead atoms. The molecule has 0 saturated heterocycles. The normalized spacial score (nSPS) is 11.4. The van der Waals surface area contributed by atoms with E-state index in [1.807, 2.05) is 36.4 Å². The first-order valence-corrected chi connectivity index (χ1v) is 11.3. The minimum atomic E-state index is -3.81. The fraction of sp³-hybridized carbons (Fsp3) is 0. The van der Waals surface area contributed by atoms with Gasteiger partial charge in [0.05, 0.1) is 17.4 Å². The van der Waals surface area contributed by atoms with E-state index in [4.69, 9.17) is 0 Å². The van der Waals surface area contributed by atoms with Crippen LogP contribution in [0.1, 0.15) is 0 Å². The van der Waals surface area contributed by atoms with E-state index in [9.17, 15) is 8.42 Å². The first-order valence-electron chi connectivity index (χ1n) is 9.79. The highest BCUT2D eigenvalue weighted by atomic mass is 32.2. The molecule has 0 atom stereocenters. The number of aromatic nitrogens is 4. The van der Waals surface area contributed by atoms with Crippen molar-refractivity contribution in [2.45, 2.75) is 5.03 Å². The van der Waals surface area contributed by atoms with Gasteiger partial charge in [0, 0.05) is 41.9 Å². The van der Waals surface area contributed by atoms with Gasteiger partial charge in [0.2, 0.25) is 0 Å². The lowest BCUT2D eigenvalue weighted by Gasteiger charge is -2.10. The van der Waals surface area contributed by atoms with E-state index in [1.54, 1.807) is 43.0 Å². The Labute approximate surface area is 184 Å². The summed E-state index contributed by atoms with van der Waals surface area (Å²) >= 11 is 0. The Hall–Kier alpha value is -4.17. The number of fused-ring (bicyclic) bond motifs is 1. The fourth-order valence-corrected chi connectivity index (χ4v) is 4.46. The van der Waals surface area contributed by atoms with Gasteiger partial charge in [-0.15, -0.1) is 0 Å². The third-order valence-corrected chi connectivity index (χ3v) is 6.27. The third kappa shape index (κ3) is 3.91. The molecule has 0 spiro atoms. The van der Waals surface area contributed by atoms with Gasteiger partial charge >= 0.3 is 0 Å². The number of hydrogen-bond acceptors (Lipinski definition) is 6. The Kier molecular flexibility index (Phi) is 5.04. The summed E-state index contributed by atoms with van der Waals surface area (Å²) in [6.07, 6.45) is 9.90. The maximum Gasteiger partial charge on any atom is 0.279 e. The number of benzene rings is 1. The van der Waals surface area contributed by atoms with Crippen LogP contribution in [0.25, 0.3) is 33.2 Å². The molecule has 0 radical (unpaired) electrons. The summed E-state index contributed by atoms with van der Waals surface area (Å²) in [5.41, 5.74) is 4.97. The zero-order valence-electron chi connectivity index (χ0n) is 16.8. The van der Waals surface area contributed by atoms with Gasteiger partial charge < -0.3 is 0 Å². The Balaban J connectivity index is 1.54. The molecule has 0 amide bonds. The Morgan fingerprint density at radius 3 is 2.38 bits per heavy atom. The molecule has 0 aliphatic rings. The highest BCUT2D eigenvalue weighted by Crippen LogP contribution is 2.31. The summed E-state index contributed by atoms with van der Waals surface area (Å²) in [5.74, 6) is 0. The Morgan fingerprint density at radius 2 is 1.56 bits per heavy atom. The molecular formula is C24H17N5O2S. The maximum atomic E-state index is 12.6. The highest BCUT2D eigenvalue weighted by molar-refractivity contribution is 7.92. The molecule has 1 aromatic carbocycles. The minimum absolute atomic E-state index is 0.0517. The second-order valence-corrected chi connectivity index (χ2v) is 8.69. The van der Waals surface area contributed by atoms with Gasteiger partial charge in [-0.2, -0.15) is 8.42 Å². The Morgan fingerprint density at radius 1 is 0.688 bits per heavy atom. The maximum absolute atomic E-state index is 12.6. The number of nitrogens with one attached hydrogen (secondary N) is 1. The quantitative estimate of drug-likeness (QED) is 0.431. The molecule has 7 nitrogen and oxygen atoms in total. The predicted octanol–water partition coefficient (Wildman–Crippen LogP) is 4.55. The van der Waals surface area contributed by atoms with Crippen LogP contribution in [0.15, 0.2) is 103 Å². The molecule has 0 aliphatic carbocycles. The molecule has 32 heavy (non-hydrogen) atoms. The molecule has 5 aromatic rings. The number of sulfonamides is 1. The summed E-state index contributed by atoms with van der Waals surface area (Å²) < 4.78 is 27.8. The second-order valence-electron chi connectivity index (χ2n) is 7.06. The van der Waals surface area contributed by atoms with Gasteiger partial charge in [-0.1, -0.05) is 12.1 Å². The van der Waals surface area contributed by atoms with Crippen LogP contribution in [0.4, 0.5) is 5.69 Å². The summed E-state index contributed by atoms with van der Waals surface area (Å²) in [6.45, 7) is 0. The summed E-state index contributed by atoms with van der Waals surface area (Å²) in [7, 11) is -3.81. The highest BCUT2D eigenvalue weighted by Gasteiger charge is 2.16. The molecule has 8 heteroatoms. The van der Waals surface area contributed by atoms with Gasteiger partial charge in [-0.3, -0.25) is 19.7 Å². The van der Waals surface area contributed by atoms with E-state index in [1.165, 1.54) is 18.5 Å². The number of nitrogens with zero attached hydrogens (tertiary/aromatic N) is 4. The first kappa shape index (κ1) is 19.8. The number of pyridine rings is 4. The largest absolute Gasteiger partial charge is 0.279 e. The number of anilines is 1. The lowest BCUT2D eigenvalue weighted by molar-refractivity contribution is 0.597. The van der Waals surface area contributed by atoms with Crippen LogP contribution in [0.5, 0.6) is 0 Å². The third-order valence-electron chi connectivity index (χ3n) is 4.97. The van der Waals surface area contributed by atoms with Gasteiger partial charge in [0.1, 0.15) is 0 Å². The molecule has 0 aliphatic heterocycles. The van der Waals surface area contributed by atoms with Crippen molar-refractivity contribution in [3.05, 3.63) is 97.8 Å². The van der Waals surface area contributed by atoms with Crippen molar-refractivity contribution in [3.63, 3.8) is 0 Å². The van der Waals surface area contributed by atoms with Gasteiger partial charge in [-0.25, -0.2) is 4.98 Å². The van der Waals surface area contributed by atoms with E-state index in [2.05, 4.69) is 24.7 Å². The fourth-order valence-electron chi connectivity index (χ4n) is 3.48. The van der Waals surface area contributed by atoms with Crippen molar-refractivity contribution < 1.29 is 8.42 Å². The van der Waals surface area contributed by atoms with E-state index in [0.717, 1.165) is 33.2 Å². The van der Waals surface area contributed by atoms with Crippen molar-refractivity contribution in [2.24, 2.45) is 0 Å². The van der Waals surface area contributed by atoms with Crippen LogP contribution < -0.4 is 4.72 Å². The molecular weight excluding hydrogens is 422 g/mol. The SMILES string of the molecule is O=S(=O)(Nc1cncc(-c2ccc3nccc(-c4ccncc4)c3c2)c1)c1ccccn1. The molecule has 4 heterocycles. The van der Waals surface area contributed by atoms with Crippen LogP contribution in [-0.4, -0.2) is 28.4 Å². The average Bonchev–Trinajstić information content (AvgIpc) is 2.84. The van der Waals surface area contributed by atoms with Crippen LogP contribution in [0.2, 0.25) is 0 Å². The standard InChI is InChI=1S/C24H17N5O2S/c30-32(31,24-3-1-2-9-28-24)29-20-13-19(15-26-16-20)18-4-5-23-22(14-18)21(8-12-27-23)17-6-10-25-11-7-17/h1-16,29H. The first-order chi connectivity index (χ1) is 15.6. The monoisotopic (exact) mass is 439 g/mol. The van der Waals surface area contributed by atoms with E-state index >= 15 is 0 Å². The van der Waals surface area contributed by atoms with Crippen LogP contribution in [0, 0.1) is 0 Å². The summed E-state index contributed by atoms with van der Waals surface area (Å²) in [4.78, 5) is 16.7. The van der Waals surface area contributed by atoms with E-state index < -0.39 is 10.0 Å². The molecule has 0 saturated carbocycles. The molecule has 156 valence electrons. The molecule has 1 N–H and O–H groups in total. The summed E-state index contributed by atoms with van der Waals surface area (Å²) in [5, 5.41) is 0.930. The van der Waals surface area contributed by atoms with E-state index in [0.29, 0.717) is 5.69 Å². The number of hydrogen-bond donors (Lipinski definition) is 1. The van der Waals surface area contributed by atoms with Crippen LogP contribution >= 0.6 is 0 Å². The number of rotatable bonds is 5. The van der Waals surface area contributed by atoms with Crippen molar-refractivity contribution in [3.8, 4) is 22.3 Å². The van der Waals surface area contributed by atoms with Gasteiger partial charge in [-0.05, 0) is 65.2 Å². The van der Waals surface area contributed by atoms with Crippen molar-refractivity contribution in [2.75, 3.05) is 4.72 Å².